The molecule has 3 rings (SSSR count). The zero-order valence-corrected chi connectivity index (χ0v) is 61.6. The Balaban J connectivity index is 1.88. The molecule has 2 aromatic heterocycles. The molecule has 6 heteroatoms. The van der Waals surface area contributed by atoms with Crippen LogP contribution in [0.3, 0.4) is 0 Å². The van der Waals surface area contributed by atoms with E-state index in [1.165, 1.54) is 355 Å². The summed E-state index contributed by atoms with van der Waals surface area (Å²) >= 11 is 3.71. The van der Waals surface area contributed by atoms with Gasteiger partial charge in [-0.2, -0.15) is 0 Å². The third kappa shape index (κ3) is 34.3. The number of benzene rings is 1. The van der Waals surface area contributed by atoms with Gasteiger partial charge in [0, 0.05) is 45.2 Å². The summed E-state index contributed by atoms with van der Waals surface area (Å²) in [6.45, 7) is 15.2. The molecule has 0 atom stereocenters. The molecule has 4 nitrogen and oxygen atoms in total. The van der Waals surface area contributed by atoms with E-state index in [0.29, 0.717) is 13.2 Å². The zero-order chi connectivity index (χ0) is 63.1. The number of thiophene rings is 2. The zero-order valence-electron chi connectivity index (χ0n) is 59.9. The van der Waals surface area contributed by atoms with Crippen LogP contribution in [0.1, 0.15) is 412 Å². The predicted octanol–water partition coefficient (Wildman–Crippen LogP) is 29.5. The van der Waals surface area contributed by atoms with Gasteiger partial charge < -0.3 is 18.9 Å². The number of hydrogen-bond acceptors (Lipinski definition) is 6. The van der Waals surface area contributed by atoms with Gasteiger partial charge in [-0.25, -0.2) is 0 Å². The van der Waals surface area contributed by atoms with Gasteiger partial charge in [0.1, 0.15) is 11.5 Å². The molecule has 0 saturated heterocycles. The highest BCUT2D eigenvalue weighted by Crippen LogP contribution is 2.52. The summed E-state index contributed by atoms with van der Waals surface area (Å²) < 4.78 is 27.6. The molecule has 0 bridgehead atoms. The van der Waals surface area contributed by atoms with E-state index < -0.39 is 0 Å². The van der Waals surface area contributed by atoms with Crippen LogP contribution in [0.2, 0.25) is 0 Å². The number of ether oxygens (including phenoxy) is 4. The highest BCUT2D eigenvalue weighted by Gasteiger charge is 2.38. The third-order valence-corrected chi connectivity index (χ3v) is 21.8. The molecule has 0 spiro atoms. The van der Waals surface area contributed by atoms with Gasteiger partial charge in [-0.3, -0.25) is 0 Å². The molecule has 3 aromatic rings. The Hall–Kier alpha value is -1.86. The van der Waals surface area contributed by atoms with Crippen molar-refractivity contribution < 1.29 is 18.9 Å². The monoisotopic (exact) mass is 1260 g/mol. The fourth-order valence-electron chi connectivity index (χ4n) is 14.5. The summed E-state index contributed by atoms with van der Waals surface area (Å²) in [5.74, 6) is 1.84. The molecule has 88 heavy (non-hydrogen) atoms. The van der Waals surface area contributed by atoms with Gasteiger partial charge in [0.15, 0.2) is 0 Å². The Morgan fingerprint density at radius 3 is 0.648 bits per heavy atom. The van der Waals surface area contributed by atoms with E-state index in [0.717, 1.165) is 48.3 Å². The van der Waals surface area contributed by atoms with Gasteiger partial charge in [-0.15, -0.1) is 22.7 Å². The van der Waals surface area contributed by atoms with Crippen molar-refractivity contribution in [1.29, 1.82) is 0 Å². The number of methoxy groups -OCH3 is 2. The molecule has 0 saturated carbocycles. The van der Waals surface area contributed by atoms with Crippen LogP contribution in [0.25, 0.3) is 20.9 Å². The maximum Gasteiger partial charge on any atom is 0.128 e. The molecule has 1 aromatic carbocycles. The molecule has 0 radical (unpaired) electrons. The van der Waals surface area contributed by atoms with Gasteiger partial charge in [0.25, 0.3) is 0 Å². The van der Waals surface area contributed by atoms with Gasteiger partial charge in [0.05, 0.1) is 25.4 Å². The van der Waals surface area contributed by atoms with Crippen molar-refractivity contribution in [2.24, 2.45) is 0 Å². The van der Waals surface area contributed by atoms with E-state index in [9.17, 15) is 0 Å². The number of hydrogen-bond donors (Lipinski definition) is 0. The molecule has 0 aliphatic carbocycles. The number of unbranched alkanes of at least 4 members (excludes halogenated alkanes) is 48. The van der Waals surface area contributed by atoms with Crippen LogP contribution in [0.5, 0.6) is 11.5 Å². The average molecular weight is 1260 g/mol. The minimum Gasteiger partial charge on any atom is -0.496 e. The smallest absolute Gasteiger partial charge is 0.128 e. The van der Waals surface area contributed by atoms with Crippen molar-refractivity contribution in [1.82, 2.24) is 0 Å². The van der Waals surface area contributed by atoms with Crippen LogP contribution >= 0.6 is 22.7 Å². The first kappa shape index (κ1) is 80.4. The average Bonchev–Trinajstić information content (AvgIpc) is 1.98. The van der Waals surface area contributed by atoms with E-state index in [2.05, 4.69) is 76.6 Å². The molecule has 0 fully saturated rings. The summed E-state index contributed by atoms with van der Waals surface area (Å²) in [4.78, 5) is 2.55. The van der Waals surface area contributed by atoms with Crippen LogP contribution in [0.4, 0.5) is 0 Å². The van der Waals surface area contributed by atoms with Crippen molar-refractivity contribution >= 4 is 22.7 Å². The van der Waals surface area contributed by atoms with Crippen molar-refractivity contribution in [3.05, 3.63) is 46.2 Å². The molecule has 0 N–H and O–H groups in total. The largest absolute Gasteiger partial charge is 0.496 e. The quantitative estimate of drug-likeness (QED) is 0.0528. The third-order valence-electron chi connectivity index (χ3n) is 19.9. The Morgan fingerprint density at radius 1 is 0.273 bits per heavy atom. The lowest BCUT2D eigenvalue weighted by Gasteiger charge is -2.36. The van der Waals surface area contributed by atoms with Gasteiger partial charge in [-0.05, 0) is 74.6 Å². The van der Waals surface area contributed by atoms with Crippen molar-refractivity contribution in [2.75, 3.05) is 27.4 Å². The lowest BCUT2D eigenvalue weighted by molar-refractivity contribution is -0.0602. The lowest BCUT2D eigenvalue weighted by Crippen LogP contribution is -2.30. The molecule has 0 aliphatic heterocycles. The summed E-state index contributed by atoms with van der Waals surface area (Å²) in [5.41, 5.74) is 4.29. The maximum atomic E-state index is 7.24. The van der Waals surface area contributed by atoms with Crippen LogP contribution in [-0.4, -0.2) is 27.4 Å². The molecule has 0 aliphatic rings. The predicted molar refractivity (Wildman–Crippen MR) is 394 cm³/mol. The standard InChI is InChI=1S/C82H146O4S2/c1-9-15-19-23-27-31-35-39-43-47-51-55-59-65-81(85-13-5,66-60-56-52-48-44-40-36-32-28-24-20-16-10-2)75-63-69-87-79(75)73-71-78(84-8)74(72-77(73)83-7)80-76(64-70-88-80)82(86-14-6,67-61-57-53-49-45-41-37-33-29-25-21-17-11-3)68-62-58-54-50-46-42-38-34-30-26-22-18-12-4/h63-64,69-72H,9-62,65-68H2,1-8H3. The molecular formula is C82H146O4S2. The summed E-state index contributed by atoms with van der Waals surface area (Å²) in [5, 5.41) is 4.65. The molecule has 0 unspecified atom stereocenters. The van der Waals surface area contributed by atoms with Gasteiger partial charge >= 0.3 is 0 Å². The van der Waals surface area contributed by atoms with E-state index in [1.807, 2.05) is 36.9 Å². The molecule has 2 heterocycles. The highest BCUT2D eigenvalue weighted by molar-refractivity contribution is 7.14. The molecule has 0 amide bonds. The van der Waals surface area contributed by atoms with Crippen LogP contribution in [0, 0.1) is 0 Å². The van der Waals surface area contributed by atoms with Crippen molar-refractivity contribution in [3.8, 4) is 32.4 Å². The molecular weight excluding hydrogens is 1110 g/mol. The van der Waals surface area contributed by atoms with Crippen LogP contribution < -0.4 is 9.47 Å². The van der Waals surface area contributed by atoms with E-state index in [4.69, 9.17) is 18.9 Å². The second-order valence-corrected chi connectivity index (χ2v) is 29.2. The Labute approximate surface area is 556 Å². The first-order chi connectivity index (χ1) is 43.4. The van der Waals surface area contributed by atoms with E-state index >= 15 is 0 Å². The topological polar surface area (TPSA) is 36.9 Å². The summed E-state index contributed by atoms with van der Waals surface area (Å²) in [6, 6.07) is 9.48. The highest BCUT2D eigenvalue weighted by atomic mass is 32.1. The summed E-state index contributed by atoms with van der Waals surface area (Å²) in [6.07, 6.45) is 75.5. The van der Waals surface area contributed by atoms with Crippen LogP contribution in [-0.2, 0) is 20.7 Å². The summed E-state index contributed by atoms with van der Waals surface area (Å²) in [7, 11) is 3.75. The second kappa shape index (κ2) is 55.6. The normalized spacial score (nSPS) is 12.1. The van der Waals surface area contributed by atoms with Crippen molar-refractivity contribution in [3.63, 3.8) is 0 Å². The minimum absolute atomic E-state index is 0.338. The van der Waals surface area contributed by atoms with Gasteiger partial charge in [-0.1, -0.05) is 362 Å². The first-order valence-corrected chi connectivity index (χ1v) is 40.9. The minimum atomic E-state index is -0.338. The fourth-order valence-corrected chi connectivity index (χ4v) is 16.5. The molecule has 510 valence electrons. The Morgan fingerprint density at radius 2 is 0.466 bits per heavy atom. The fraction of sp³-hybridized carbons (Fsp3) is 0.829. The number of rotatable bonds is 66. The van der Waals surface area contributed by atoms with Crippen LogP contribution in [0.15, 0.2) is 35.0 Å². The first-order valence-electron chi connectivity index (χ1n) is 39.1. The van der Waals surface area contributed by atoms with Gasteiger partial charge in [0.2, 0.25) is 0 Å². The maximum absolute atomic E-state index is 7.24. The second-order valence-electron chi connectivity index (χ2n) is 27.4. The Bertz CT molecular complexity index is 1780. The SMILES string of the molecule is CCCCCCCCCCCCCCCC(CCCCCCCCCCCCCCC)(OCC)c1ccsc1-c1cc(OC)c(-c2sccc2C(CCCCCCCCCCCCCCC)(CCCCCCCCCCCCCCC)OCC)cc1OC. The van der Waals surface area contributed by atoms with E-state index in [1.54, 1.807) is 0 Å². The Kier molecular flexibility index (Phi) is 50.8. The van der Waals surface area contributed by atoms with Crippen molar-refractivity contribution in [2.45, 2.75) is 412 Å². The van der Waals surface area contributed by atoms with E-state index in [-0.39, 0.29) is 11.2 Å². The lowest BCUT2D eigenvalue weighted by atomic mass is 9.81.